The first kappa shape index (κ1) is 27.2. The molecule has 0 saturated carbocycles. The molecular formula is C23H28ClN3O6S. The summed E-state index contributed by atoms with van der Waals surface area (Å²) in [6.07, 6.45) is -0.994. The Balaban J connectivity index is 0.00000408. The molecule has 2 aromatic carbocycles. The molecule has 1 amide bonds. The summed E-state index contributed by atoms with van der Waals surface area (Å²) >= 11 is 1.30. The Hall–Kier alpha value is -3.05. The van der Waals surface area contributed by atoms with E-state index in [1.165, 1.54) is 25.6 Å². The van der Waals surface area contributed by atoms with Crippen LogP contribution in [0.15, 0.2) is 35.7 Å². The van der Waals surface area contributed by atoms with Gasteiger partial charge in [0.2, 0.25) is 11.7 Å². The Labute approximate surface area is 208 Å². The van der Waals surface area contributed by atoms with Crippen molar-refractivity contribution in [2.24, 2.45) is 5.73 Å². The molecule has 0 aliphatic heterocycles. The zero-order valence-corrected chi connectivity index (χ0v) is 21.1. The largest absolute Gasteiger partial charge is 0.495 e. The number of aromatic nitrogens is 1. The maximum Gasteiger partial charge on any atom is 0.244 e. The number of hydrogen-bond acceptors (Lipinski definition) is 9. The van der Waals surface area contributed by atoms with Crippen LogP contribution in [0.5, 0.6) is 23.0 Å². The molecule has 4 N–H and O–H groups in total. The number of carbonyl (C=O) groups is 1. The molecule has 184 valence electrons. The van der Waals surface area contributed by atoms with Crippen molar-refractivity contribution in [1.29, 1.82) is 0 Å². The minimum Gasteiger partial charge on any atom is -0.495 e. The molecule has 2 atom stereocenters. The van der Waals surface area contributed by atoms with E-state index in [0.29, 0.717) is 34.4 Å². The van der Waals surface area contributed by atoms with Crippen LogP contribution in [-0.2, 0) is 4.79 Å². The predicted molar refractivity (Wildman–Crippen MR) is 135 cm³/mol. The Morgan fingerprint density at radius 3 is 2.15 bits per heavy atom. The van der Waals surface area contributed by atoms with Gasteiger partial charge in [-0.15, -0.1) is 12.4 Å². The lowest BCUT2D eigenvalue weighted by molar-refractivity contribution is -0.119. The minimum absolute atomic E-state index is 0. The molecule has 0 saturated heterocycles. The van der Waals surface area contributed by atoms with E-state index in [0.717, 1.165) is 16.7 Å². The van der Waals surface area contributed by atoms with Crippen molar-refractivity contribution >= 4 is 35.5 Å². The predicted octanol–water partition coefficient (Wildman–Crippen LogP) is 3.58. The van der Waals surface area contributed by atoms with Crippen LogP contribution < -0.4 is 30.0 Å². The molecule has 2 unspecified atom stereocenters. The summed E-state index contributed by atoms with van der Waals surface area (Å²) in [5.41, 5.74) is 9.32. The number of ether oxygens (including phenoxy) is 4. The molecule has 1 aromatic heterocycles. The Morgan fingerprint density at radius 1 is 1.00 bits per heavy atom. The first-order valence-electron chi connectivity index (χ1n) is 10.0. The number of anilines is 1. The number of halogens is 1. The number of amides is 1. The molecule has 9 nitrogen and oxygen atoms in total. The third-order valence-electron chi connectivity index (χ3n) is 5.10. The average Bonchev–Trinajstić information content (AvgIpc) is 3.32. The van der Waals surface area contributed by atoms with Crippen LogP contribution in [0.2, 0.25) is 0 Å². The van der Waals surface area contributed by atoms with Gasteiger partial charge in [-0.3, -0.25) is 4.79 Å². The number of carbonyl (C=O) groups excluding carboxylic acids is 1. The maximum absolute atomic E-state index is 12.4. The second-order valence-corrected chi connectivity index (χ2v) is 7.79. The fraction of sp³-hybridized carbons (Fsp3) is 0.304. The van der Waals surface area contributed by atoms with E-state index >= 15 is 0 Å². The summed E-state index contributed by atoms with van der Waals surface area (Å²) in [5.74, 6) is 1.46. The van der Waals surface area contributed by atoms with Crippen molar-refractivity contribution in [3.05, 3.63) is 35.7 Å². The van der Waals surface area contributed by atoms with Crippen LogP contribution >= 0.6 is 23.9 Å². The number of methoxy groups -OCH3 is 4. The van der Waals surface area contributed by atoms with E-state index in [1.807, 2.05) is 23.6 Å². The smallest absolute Gasteiger partial charge is 0.244 e. The zero-order chi connectivity index (χ0) is 24.1. The molecule has 0 spiro atoms. The van der Waals surface area contributed by atoms with Crippen LogP contribution in [0.3, 0.4) is 0 Å². The molecule has 3 aromatic rings. The van der Waals surface area contributed by atoms with Crippen LogP contribution in [0.4, 0.5) is 5.69 Å². The van der Waals surface area contributed by atoms with Gasteiger partial charge >= 0.3 is 0 Å². The SMILES string of the molecule is COc1ccc(-c2csnc2-c2cc(OC)c(OC)c(OC)c2)cc1NC(=O)C(N)C(C)O.Cl. The van der Waals surface area contributed by atoms with Crippen LogP contribution in [0.1, 0.15) is 6.92 Å². The van der Waals surface area contributed by atoms with Gasteiger partial charge in [0.15, 0.2) is 11.5 Å². The van der Waals surface area contributed by atoms with E-state index in [2.05, 4.69) is 9.69 Å². The summed E-state index contributed by atoms with van der Waals surface area (Å²) in [5, 5.41) is 14.3. The van der Waals surface area contributed by atoms with Gasteiger partial charge in [-0.25, -0.2) is 0 Å². The number of nitrogens with two attached hydrogens (primary N) is 1. The van der Waals surface area contributed by atoms with Gasteiger partial charge in [-0.2, -0.15) is 4.37 Å². The summed E-state index contributed by atoms with van der Waals surface area (Å²) in [4.78, 5) is 12.4. The summed E-state index contributed by atoms with van der Waals surface area (Å²) in [6.45, 7) is 1.46. The average molecular weight is 510 g/mol. The third-order valence-corrected chi connectivity index (χ3v) is 5.73. The van der Waals surface area contributed by atoms with E-state index in [4.69, 9.17) is 24.7 Å². The topological polar surface area (TPSA) is 125 Å². The van der Waals surface area contributed by atoms with Crippen LogP contribution in [0.25, 0.3) is 22.4 Å². The van der Waals surface area contributed by atoms with Crippen molar-refractivity contribution in [2.45, 2.75) is 19.1 Å². The standard InChI is InChI=1S/C23H27N3O6S.ClH/c1-12(27)20(24)23(28)25-16-8-13(6-7-17(16)29-2)15-11-33-26-21(15)14-9-18(30-3)22(32-5)19(10-14)31-4;/h6-12,20,27H,24H2,1-5H3,(H,25,28);1H. The first-order valence-corrected chi connectivity index (χ1v) is 10.9. The Morgan fingerprint density at radius 2 is 1.62 bits per heavy atom. The summed E-state index contributed by atoms with van der Waals surface area (Å²) in [6, 6.07) is 7.97. The lowest BCUT2D eigenvalue weighted by Gasteiger charge is -2.17. The normalized spacial score (nSPS) is 12.2. The Kier molecular flexibility index (Phi) is 9.51. The number of rotatable bonds is 9. The van der Waals surface area contributed by atoms with Crippen LogP contribution in [-0.4, -0.2) is 56.0 Å². The molecule has 11 heteroatoms. The van der Waals surface area contributed by atoms with Crippen molar-refractivity contribution in [3.8, 4) is 45.4 Å². The summed E-state index contributed by atoms with van der Waals surface area (Å²) in [7, 11) is 6.16. The van der Waals surface area contributed by atoms with Crippen molar-refractivity contribution in [2.75, 3.05) is 33.8 Å². The molecule has 1 heterocycles. The van der Waals surface area contributed by atoms with E-state index < -0.39 is 18.1 Å². The quantitative estimate of drug-likeness (QED) is 0.399. The Bertz CT molecular complexity index is 1110. The highest BCUT2D eigenvalue weighted by Crippen LogP contribution is 2.44. The molecule has 0 radical (unpaired) electrons. The molecule has 0 bridgehead atoms. The lowest BCUT2D eigenvalue weighted by atomic mass is 10.0. The van der Waals surface area contributed by atoms with Gasteiger partial charge in [-0.05, 0) is 48.3 Å². The van der Waals surface area contributed by atoms with Gasteiger partial charge in [0.05, 0.1) is 45.9 Å². The highest BCUT2D eigenvalue weighted by Gasteiger charge is 2.22. The number of aliphatic hydroxyl groups excluding tert-OH is 1. The zero-order valence-electron chi connectivity index (χ0n) is 19.4. The van der Waals surface area contributed by atoms with Gasteiger partial charge < -0.3 is 35.1 Å². The molecule has 0 fully saturated rings. The number of nitrogens with zero attached hydrogens (tertiary/aromatic N) is 1. The monoisotopic (exact) mass is 509 g/mol. The van der Waals surface area contributed by atoms with Gasteiger partial charge in [0.25, 0.3) is 0 Å². The maximum atomic E-state index is 12.4. The van der Waals surface area contributed by atoms with Crippen molar-refractivity contribution < 1.29 is 28.8 Å². The second-order valence-electron chi connectivity index (χ2n) is 7.16. The fourth-order valence-electron chi connectivity index (χ4n) is 3.28. The molecule has 34 heavy (non-hydrogen) atoms. The van der Waals surface area contributed by atoms with Gasteiger partial charge in [0.1, 0.15) is 11.8 Å². The number of nitrogens with one attached hydrogen (secondary N) is 1. The number of benzene rings is 2. The van der Waals surface area contributed by atoms with Crippen molar-refractivity contribution in [1.82, 2.24) is 4.37 Å². The fourth-order valence-corrected chi connectivity index (χ4v) is 3.99. The highest BCUT2D eigenvalue weighted by atomic mass is 35.5. The van der Waals surface area contributed by atoms with Crippen molar-refractivity contribution in [3.63, 3.8) is 0 Å². The first-order chi connectivity index (χ1) is 15.8. The van der Waals surface area contributed by atoms with E-state index in [-0.39, 0.29) is 12.4 Å². The van der Waals surface area contributed by atoms with E-state index in [1.54, 1.807) is 33.5 Å². The minimum atomic E-state index is -1.07. The number of hydrogen-bond donors (Lipinski definition) is 3. The molecule has 0 aliphatic rings. The van der Waals surface area contributed by atoms with Gasteiger partial charge in [-0.1, -0.05) is 6.07 Å². The summed E-state index contributed by atoms with van der Waals surface area (Å²) < 4.78 is 26.3. The molecular weight excluding hydrogens is 482 g/mol. The molecule has 0 aliphatic carbocycles. The lowest BCUT2D eigenvalue weighted by Crippen LogP contribution is -2.43. The van der Waals surface area contributed by atoms with Crippen LogP contribution in [0, 0.1) is 0 Å². The van der Waals surface area contributed by atoms with Gasteiger partial charge in [0, 0.05) is 16.5 Å². The molecule has 3 rings (SSSR count). The second kappa shape index (κ2) is 11.9. The highest BCUT2D eigenvalue weighted by molar-refractivity contribution is 7.04. The number of aliphatic hydroxyl groups is 1. The van der Waals surface area contributed by atoms with E-state index in [9.17, 15) is 9.90 Å². The third kappa shape index (κ3) is 5.53.